The number of hydrogen-bond donors (Lipinski definition) is 3. The number of methoxy groups -OCH3 is 1. The van der Waals surface area contributed by atoms with Crippen LogP contribution in [0, 0.1) is 0 Å². The highest BCUT2D eigenvalue weighted by Gasteiger charge is 2.09. The van der Waals surface area contributed by atoms with Gasteiger partial charge in [0.15, 0.2) is 0 Å². The maximum atomic E-state index is 10.1. The Labute approximate surface area is 79.0 Å². The first-order valence-electron chi connectivity index (χ1n) is 4.18. The fourth-order valence-electron chi connectivity index (χ4n) is 0.632. The molecule has 0 rings (SSSR count). The molecule has 5 N–H and O–H groups in total. The predicted octanol–water partition coefficient (Wildman–Crippen LogP) is -0.210. The van der Waals surface area contributed by atoms with Gasteiger partial charge in [0.25, 0.3) is 0 Å². The van der Waals surface area contributed by atoms with Crippen molar-refractivity contribution in [2.24, 2.45) is 11.5 Å². The Balaban J connectivity index is 0. The molecule has 0 heterocycles. The molecule has 0 aromatic rings. The number of carboxylic acids is 1. The van der Waals surface area contributed by atoms with Gasteiger partial charge in [-0.3, -0.25) is 4.79 Å². The van der Waals surface area contributed by atoms with Gasteiger partial charge in [-0.25, -0.2) is 0 Å². The van der Waals surface area contributed by atoms with Crippen LogP contribution < -0.4 is 11.5 Å². The van der Waals surface area contributed by atoms with E-state index in [1.54, 1.807) is 14.2 Å². The number of carbonyl (C=O) groups is 1. The maximum absolute atomic E-state index is 10.1. The highest BCUT2D eigenvalue weighted by Crippen LogP contribution is 1.96. The van der Waals surface area contributed by atoms with Crippen LogP contribution in [-0.4, -0.2) is 37.9 Å². The third-order valence-electron chi connectivity index (χ3n) is 1.29. The summed E-state index contributed by atoms with van der Waals surface area (Å²) in [6, 6.07) is -0.716. The van der Waals surface area contributed by atoms with E-state index in [2.05, 4.69) is 4.74 Å². The summed E-state index contributed by atoms with van der Waals surface area (Å²) in [4.78, 5) is 10.1. The summed E-state index contributed by atoms with van der Waals surface area (Å²) in [6.07, 6.45) is 2.16. The molecule has 0 radical (unpaired) electrons. The monoisotopic (exact) mass is 192 g/mol. The zero-order valence-corrected chi connectivity index (χ0v) is 8.32. The number of unbranched alkanes of at least 4 members (excludes halogenated alkanes) is 1. The smallest absolute Gasteiger partial charge is 0.320 e. The minimum absolute atomic E-state index is 0.520. The number of nitrogens with two attached hydrogens (primary N) is 2. The minimum atomic E-state index is -0.933. The molecule has 0 saturated carbocycles. The van der Waals surface area contributed by atoms with Crippen LogP contribution in [-0.2, 0) is 9.53 Å². The highest BCUT2D eigenvalue weighted by atomic mass is 16.4. The van der Waals surface area contributed by atoms with Crippen LogP contribution in [0.2, 0.25) is 0 Å². The Morgan fingerprint density at radius 1 is 1.46 bits per heavy atom. The number of aliphatic carboxylic acids is 1. The van der Waals surface area contributed by atoms with Crippen LogP contribution in [0.15, 0.2) is 0 Å². The first-order chi connectivity index (χ1) is 6.09. The van der Waals surface area contributed by atoms with Crippen molar-refractivity contribution in [3.63, 3.8) is 0 Å². The van der Waals surface area contributed by atoms with Gasteiger partial charge in [-0.05, 0) is 19.4 Å². The van der Waals surface area contributed by atoms with Crippen LogP contribution in [0.1, 0.15) is 19.3 Å². The topological polar surface area (TPSA) is 98.6 Å². The van der Waals surface area contributed by atoms with Crippen LogP contribution in [0.5, 0.6) is 0 Å². The largest absolute Gasteiger partial charge is 0.480 e. The zero-order valence-electron chi connectivity index (χ0n) is 8.32. The number of hydrogen-bond acceptors (Lipinski definition) is 4. The van der Waals surface area contributed by atoms with Gasteiger partial charge in [0.05, 0.1) is 0 Å². The van der Waals surface area contributed by atoms with E-state index in [9.17, 15) is 4.79 Å². The first-order valence-corrected chi connectivity index (χ1v) is 4.18. The molecule has 13 heavy (non-hydrogen) atoms. The van der Waals surface area contributed by atoms with E-state index in [-0.39, 0.29) is 0 Å². The summed E-state index contributed by atoms with van der Waals surface area (Å²) >= 11 is 0. The molecule has 0 spiro atoms. The van der Waals surface area contributed by atoms with E-state index >= 15 is 0 Å². The second kappa shape index (κ2) is 11.4. The van der Waals surface area contributed by atoms with E-state index in [1.165, 1.54) is 0 Å². The lowest BCUT2D eigenvalue weighted by molar-refractivity contribution is -0.138. The van der Waals surface area contributed by atoms with Crippen molar-refractivity contribution in [2.45, 2.75) is 25.3 Å². The average Bonchev–Trinajstić information content (AvgIpc) is 2.06. The second-order valence-electron chi connectivity index (χ2n) is 2.64. The van der Waals surface area contributed by atoms with Gasteiger partial charge in [0.2, 0.25) is 0 Å². The molecule has 0 aliphatic carbocycles. The van der Waals surface area contributed by atoms with Gasteiger partial charge < -0.3 is 21.3 Å². The maximum Gasteiger partial charge on any atom is 0.320 e. The lowest BCUT2D eigenvalue weighted by Crippen LogP contribution is -2.29. The van der Waals surface area contributed by atoms with Crippen molar-refractivity contribution in [3.05, 3.63) is 0 Å². The summed E-state index contributed by atoms with van der Waals surface area (Å²) < 4.78 is 4.25. The molecule has 1 atom stereocenters. The van der Waals surface area contributed by atoms with Gasteiger partial charge in [0, 0.05) is 14.2 Å². The summed E-state index contributed by atoms with van der Waals surface area (Å²) in [5.41, 5.74) is 10.4. The lowest BCUT2D eigenvalue weighted by atomic mass is 10.1. The molecule has 0 aliphatic rings. The van der Waals surface area contributed by atoms with Crippen molar-refractivity contribution in [3.8, 4) is 0 Å². The average molecular weight is 192 g/mol. The molecular weight excluding hydrogens is 172 g/mol. The minimum Gasteiger partial charge on any atom is -0.480 e. The summed E-state index contributed by atoms with van der Waals surface area (Å²) in [5.74, 6) is -0.933. The third kappa shape index (κ3) is 14.2. The fourth-order valence-corrected chi connectivity index (χ4v) is 0.632. The third-order valence-corrected chi connectivity index (χ3v) is 1.29. The Morgan fingerprint density at radius 3 is 2.23 bits per heavy atom. The van der Waals surface area contributed by atoms with E-state index in [1.807, 2.05) is 0 Å². The van der Waals surface area contributed by atoms with E-state index in [0.717, 1.165) is 12.8 Å². The summed E-state index contributed by atoms with van der Waals surface area (Å²) in [5, 5.41) is 8.33. The summed E-state index contributed by atoms with van der Waals surface area (Å²) in [6.45, 7) is 0.604. The fraction of sp³-hybridized carbons (Fsp3) is 0.875. The van der Waals surface area contributed by atoms with Gasteiger partial charge >= 0.3 is 5.97 Å². The van der Waals surface area contributed by atoms with Crippen molar-refractivity contribution in [2.75, 3.05) is 20.8 Å². The van der Waals surface area contributed by atoms with Crippen molar-refractivity contribution >= 4 is 5.97 Å². The molecule has 80 valence electrons. The van der Waals surface area contributed by atoms with Crippen LogP contribution in [0.4, 0.5) is 0 Å². The standard InChI is InChI=1S/C6H14N2O2.C2H6O/c7-4-2-1-3-5(8)6(9)10;1-3-2/h5H,1-4,7-8H2,(H,9,10);1-2H3/t5-;/m0./s1. The Hall–Kier alpha value is -0.650. The van der Waals surface area contributed by atoms with E-state index < -0.39 is 12.0 Å². The van der Waals surface area contributed by atoms with E-state index in [0.29, 0.717) is 13.0 Å². The molecule has 0 amide bonds. The Morgan fingerprint density at radius 2 is 1.92 bits per heavy atom. The first kappa shape index (κ1) is 14.9. The SMILES string of the molecule is COC.NCCCC[C@H](N)C(=O)O. The molecule has 5 nitrogen and oxygen atoms in total. The molecule has 5 heteroatoms. The normalized spacial score (nSPS) is 11.4. The number of carboxylic acid groups (broad SMARTS) is 1. The van der Waals surface area contributed by atoms with Crippen molar-refractivity contribution in [1.29, 1.82) is 0 Å². The highest BCUT2D eigenvalue weighted by molar-refractivity contribution is 5.72. The van der Waals surface area contributed by atoms with Crippen LogP contribution in [0.3, 0.4) is 0 Å². The molecule has 0 saturated heterocycles. The molecular formula is C8H20N2O3. The van der Waals surface area contributed by atoms with E-state index in [4.69, 9.17) is 16.6 Å². The molecule has 0 aromatic heterocycles. The number of ether oxygens (including phenoxy) is 1. The molecule has 0 unspecified atom stereocenters. The molecule has 0 aliphatic heterocycles. The van der Waals surface area contributed by atoms with Gasteiger partial charge in [-0.15, -0.1) is 0 Å². The number of rotatable bonds is 5. The van der Waals surface area contributed by atoms with Gasteiger partial charge in [-0.2, -0.15) is 0 Å². The predicted molar refractivity (Wildman–Crippen MR) is 51.4 cm³/mol. The zero-order chi connectivity index (χ0) is 10.7. The lowest BCUT2D eigenvalue weighted by Gasteiger charge is -2.03. The van der Waals surface area contributed by atoms with Gasteiger partial charge in [0.1, 0.15) is 6.04 Å². The Bertz CT molecular complexity index is 120. The second-order valence-corrected chi connectivity index (χ2v) is 2.64. The molecule has 0 aromatic carbocycles. The molecule has 0 bridgehead atoms. The summed E-state index contributed by atoms with van der Waals surface area (Å²) in [7, 11) is 3.25. The van der Waals surface area contributed by atoms with Gasteiger partial charge in [-0.1, -0.05) is 6.42 Å². The van der Waals surface area contributed by atoms with Crippen molar-refractivity contribution in [1.82, 2.24) is 0 Å². The quantitative estimate of drug-likeness (QED) is 0.523. The Kier molecular flexibility index (Phi) is 13.0. The molecule has 0 fully saturated rings. The van der Waals surface area contributed by atoms with Crippen LogP contribution >= 0.6 is 0 Å². The van der Waals surface area contributed by atoms with Crippen LogP contribution in [0.25, 0.3) is 0 Å². The van der Waals surface area contributed by atoms with Crippen molar-refractivity contribution < 1.29 is 14.6 Å².